The zero-order valence-corrected chi connectivity index (χ0v) is 16.8. The fraction of sp³-hybridized carbons (Fsp3) is 0.0417. The molecule has 0 radical (unpaired) electrons. The van der Waals surface area contributed by atoms with Gasteiger partial charge in [0.1, 0.15) is 0 Å². The second kappa shape index (κ2) is 9.36. The molecule has 4 rings (SSSR count). The van der Waals surface area contributed by atoms with Gasteiger partial charge in [0.2, 0.25) is 0 Å². The Balaban J connectivity index is 1.49. The van der Waals surface area contributed by atoms with Gasteiger partial charge in [-0.1, -0.05) is 48.5 Å². The number of ether oxygens (including phenoxy) is 1. The van der Waals surface area contributed by atoms with Gasteiger partial charge >= 0.3 is 5.97 Å². The largest absolute Gasteiger partial charge is 0.450 e. The molecule has 0 aliphatic heterocycles. The fourth-order valence-corrected chi connectivity index (χ4v) is 2.94. The molecule has 1 aromatic heterocycles. The molecule has 1 N–H and O–H groups in total. The summed E-state index contributed by atoms with van der Waals surface area (Å²) in [5.41, 5.74) is 2.48. The van der Waals surface area contributed by atoms with Crippen molar-refractivity contribution in [1.82, 2.24) is 14.8 Å². The van der Waals surface area contributed by atoms with E-state index in [0.717, 1.165) is 11.3 Å². The summed E-state index contributed by atoms with van der Waals surface area (Å²) < 4.78 is 6.66. The molecule has 8 heteroatoms. The average molecular weight is 423 g/mol. The maximum atomic E-state index is 12.5. The molecule has 0 bridgehead atoms. The molecule has 0 aliphatic rings. The number of carbonyl (C=O) groups excluding carboxylic acids is 2. The van der Waals surface area contributed by atoms with Crippen molar-refractivity contribution >= 4 is 17.6 Å². The topological polar surface area (TPSA) is 110 Å². The first kappa shape index (κ1) is 20.5. The van der Waals surface area contributed by atoms with E-state index in [1.54, 1.807) is 28.9 Å². The highest BCUT2D eigenvalue weighted by molar-refractivity contribution is 5.94. The molecule has 0 saturated heterocycles. The van der Waals surface area contributed by atoms with Gasteiger partial charge in [0.15, 0.2) is 12.4 Å². The van der Waals surface area contributed by atoms with Gasteiger partial charge in [-0.25, -0.2) is 14.5 Å². The van der Waals surface area contributed by atoms with Crippen molar-refractivity contribution in [3.05, 3.63) is 96.3 Å². The summed E-state index contributed by atoms with van der Waals surface area (Å²) in [6.07, 6.45) is 0. The molecule has 156 valence electrons. The summed E-state index contributed by atoms with van der Waals surface area (Å²) in [6.45, 7) is -0.501. The van der Waals surface area contributed by atoms with E-state index in [0.29, 0.717) is 17.1 Å². The van der Waals surface area contributed by atoms with Crippen LogP contribution in [0.5, 0.6) is 0 Å². The maximum Gasteiger partial charge on any atom is 0.378 e. The molecule has 0 fully saturated rings. The quantitative estimate of drug-likeness (QED) is 0.475. The highest BCUT2D eigenvalue weighted by Crippen LogP contribution is 2.21. The van der Waals surface area contributed by atoms with Crippen LogP contribution in [0.25, 0.3) is 17.1 Å². The number of anilines is 1. The van der Waals surface area contributed by atoms with E-state index in [2.05, 4.69) is 15.4 Å². The molecule has 0 spiro atoms. The number of para-hydroxylation sites is 1. The normalized spacial score (nSPS) is 10.2. The summed E-state index contributed by atoms with van der Waals surface area (Å²) >= 11 is 0. The molecule has 0 unspecified atom stereocenters. The van der Waals surface area contributed by atoms with Crippen LogP contribution in [0.4, 0.5) is 5.69 Å². The lowest BCUT2D eigenvalue weighted by atomic mass is 10.2. The Hall–Kier alpha value is -4.77. The number of nitrogens with zero attached hydrogens (tertiary/aromatic N) is 4. The molecule has 32 heavy (non-hydrogen) atoms. The molecule has 0 atom stereocenters. The standard InChI is InChI=1S/C24H17N5O3/c25-15-17-11-13-19(14-12-17)26-21(30)16-32-24(31)22-27-23(18-7-3-1-4-8-18)29(28-22)20-9-5-2-6-10-20/h1-14H,16H2,(H,26,30). The van der Waals surface area contributed by atoms with Gasteiger partial charge in [-0.2, -0.15) is 5.26 Å². The molecule has 0 aliphatic carbocycles. The first-order chi connectivity index (χ1) is 15.6. The number of nitriles is 1. The monoisotopic (exact) mass is 423 g/mol. The second-order valence-corrected chi connectivity index (χ2v) is 6.69. The third kappa shape index (κ3) is 4.68. The summed E-state index contributed by atoms with van der Waals surface area (Å²) in [6, 6.07) is 27.0. The highest BCUT2D eigenvalue weighted by Gasteiger charge is 2.20. The van der Waals surface area contributed by atoms with Gasteiger partial charge < -0.3 is 10.1 Å². The number of benzene rings is 3. The first-order valence-corrected chi connectivity index (χ1v) is 9.69. The number of hydrogen-bond acceptors (Lipinski definition) is 6. The number of carbonyl (C=O) groups is 2. The molecular formula is C24H17N5O3. The zero-order valence-electron chi connectivity index (χ0n) is 16.8. The molecule has 1 amide bonds. The van der Waals surface area contributed by atoms with E-state index in [1.165, 1.54) is 0 Å². The average Bonchev–Trinajstić information content (AvgIpc) is 3.30. The number of rotatable bonds is 6. The van der Waals surface area contributed by atoms with Crippen LogP contribution in [0, 0.1) is 11.3 Å². The third-order valence-electron chi connectivity index (χ3n) is 4.45. The number of nitrogens with one attached hydrogen (secondary N) is 1. The van der Waals surface area contributed by atoms with Gasteiger partial charge in [-0.15, -0.1) is 5.10 Å². The van der Waals surface area contributed by atoms with E-state index < -0.39 is 18.5 Å². The lowest BCUT2D eigenvalue weighted by Gasteiger charge is -2.05. The Labute approximate surface area is 183 Å². The van der Waals surface area contributed by atoms with Crippen molar-refractivity contribution in [2.45, 2.75) is 0 Å². The summed E-state index contributed by atoms with van der Waals surface area (Å²) in [4.78, 5) is 29.0. The van der Waals surface area contributed by atoms with Crippen LogP contribution in [0.1, 0.15) is 16.2 Å². The van der Waals surface area contributed by atoms with E-state index in [9.17, 15) is 9.59 Å². The third-order valence-corrected chi connectivity index (χ3v) is 4.45. The van der Waals surface area contributed by atoms with E-state index in [4.69, 9.17) is 10.00 Å². The molecular weight excluding hydrogens is 406 g/mol. The van der Waals surface area contributed by atoms with E-state index in [-0.39, 0.29) is 5.82 Å². The Morgan fingerprint density at radius 3 is 2.25 bits per heavy atom. The molecule has 1 heterocycles. The predicted octanol–water partition coefficient (Wildman–Crippen LogP) is 3.60. The number of esters is 1. The predicted molar refractivity (Wildman–Crippen MR) is 117 cm³/mol. The minimum Gasteiger partial charge on any atom is -0.450 e. The van der Waals surface area contributed by atoms with Crippen LogP contribution in [0.3, 0.4) is 0 Å². The van der Waals surface area contributed by atoms with Crippen LogP contribution in [0.2, 0.25) is 0 Å². The van der Waals surface area contributed by atoms with Gasteiger partial charge in [0.05, 0.1) is 17.3 Å². The number of amides is 1. The zero-order chi connectivity index (χ0) is 22.3. The SMILES string of the molecule is N#Cc1ccc(NC(=O)COC(=O)c2nc(-c3ccccc3)n(-c3ccccc3)n2)cc1. The lowest BCUT2D eigenvalue weighted by Crippen LogP contribution is -2.21. The minimum atomic E-state index is -0.813. The summed E-state index contributed by atoms with van der Waals surface area (Å²) in [5, 5.41) is 15.7. The van der Waals surface area contributed by atoms with Crippen LogP contribution in [-0.2, 0) is 9.53 Å². The van der Waals surface area contributed by atoms with Crippen molar-refractivity contribution in [3.8, 4) is 23.1 Å². The lowest BCUT2D eigenvalue weighted by molar-refractivity contribution is -0.119. The summed E-state index contributed by atoms with van der Waals surface area (Å²) in [7, 11) is 0. The van der Waals surface area contributed by atoms with E-state index in [1.807, 2.05) is 66.7 Å². The van der Waals surface area contributed by atoms with E-state index >= 15 is 0 Å². The Bertz CT molecular complexity index is 1220. The second-order valence-electron chi connectivity index (χ2n) is 6.69. The van der Waals surface area contributed by atoms with Crippen molar-refractivity contribution < 1.29 is 14.3 Å². The van der Waals surface area contributed by atoms with Crippen molar-refractivity contribution in [3.63, 3.8) is 0 Å². The van der Waals surface area contributed by atoms with Crippen LogP contribution in [-0.4, -0.2) is 33.2 Å². The van der Waals surface area contributed by atoms with Gasteiger partial charge in [-0.05, 0) is 36.4 Å². The Morgan fingerprint density at radius 1 is 0.938 bits per heavy atom. The van der Waals surface area contributed by atoms with Crippen molar-refractivity contribution in [2.24, 2.45) is 0 Å². The van der Waals surface area contributed by atoms with Gasteiger partial charge in [-0.3, -0.25) is 4.79 Å². The van der Waals surface area contributed by atoms with Gasteiger partial charge in [0, 0.05) is 11.3 Å². The molecule has 8 nitrogen and oxygen atoms in total. The first-order valence-electron chi connectivity index (χ1n) is 9.69. The van der Waals surface area contributed by atoms with Crippen LogP contribution < -0.4 is 5.32 Å². The Kier molecular flexibility index (Phi) is 6.00. The van der Waals surface area contributed by atoms with Crippen LogP contribution in [0.15, 0.2) is 84.9 Å². The minimum absolute atomic E-state index is 0.154. The number of aromatic nitrogens is 3. The van der Waals surface area contributed by atoms with Crippen molar-refractivity contribution in [1.29, 1.82) is 5.26 Å². The summed E-state index contributed by atoms with van der Waals surface area (Å²) in [5.74, 6) is -1.01. The smallest absolute Gasteiger partial charge is 0.378 e. The fourth-order valence-electron chi connectivity index (χ4n) is 2.94. The molecule has 3 aromatic carbocycles. The molecule has 4 aromatic rings. The molecule has 0 saturated carbocycles. The van der Waals surface area contributed by atoms with Gasteiger partial charge in [0.25, 0.3) is 11.7 Å². The highest BCUT2D eigenvalue weighted by atomic mass is 16.5. The van der Waals surface area contributed by atoms with Crippen LogP contribution >= 0.6 is 0 Å². The van der Waals surface area contributed by atoms with Crippen molar-refractivity contribution in [2.75, 3.05) is 11.9 Å². The maximum absolute atomic E-state index is 12.5. The number of hydrogen-bond donors (Lipinski definition) is 1. The Morgan fingerprint density at radius 2 is 1.59 bits per heavy atom.